The molecule has 1 aliphatic carbocycles. The van der Waals surface area contributed by atoms with E-state index in [-0.39, 0.29) is 6.10 Å². The lowest BCUT2D eigenvalue weighted by Crippen LogP contribution is -2.39. The molecule has 4 heteroatoms. The number of aromatic nitrogens is 2. The molecule has 0 radical (unpaired) electrons. The molecule has 2 heterocycles. The molecule has 1 saturated heterocycles. The van der Waals surface area contributed by atoms with Gasteiger partial charge in [-0.15, -0.1) is 0 Å². The van der Waals surface area contributed by atoms with Crippen molar-refractivity contribution in [2.45, 2.75) is 38.2 Å². The van der Waals surface area contributed by atoms with Crippen molar-refractivity contribution < 1.29 is 5.11 Å². The highest BCUT2D eigenvalue weighted by Crippen LogP contribution is 2.29. The van der Waals surface area contributed by atoms with Crippen LogP contribution in [0, 0.1) is 0 Å². The van der Waals surface area contributed by atoms with E-state index in [2.05, 4.69) is 14.9 Å². The molecule has 1 aromatic heterocycles. The van der Waals surface area contributed by atoms with Gasteiger partial charge < -0.3 is 10.0 Å². The minimum absolute atomic E-state index is 0.194. The van der Waals surface area contributed by atoms with Crippen LogP contribution in [0.1, 0.15) is 30.5 Å². The first-order valence-corrected chi connectivity index (χ1v) is 6.10. The van der Waals surface area contributed by atoms with Gasteiger partial charge >= 0.3 is 0 Å². The third-order valence-corrected chi connectivity index (χ3v) is 3.55. The zero-order valence-corrected chi connectivity index (χ0v) is 9.39. The molecule has 1 unspecified atom stereocenters. The van der Waals surface area contributed by atoms with Crippen molar-refractivity contribution in [2.24, 2.45) is 0 Å². The van der Waals surface area contributed by atoms with Crippen molar-refractivity contribution in [2.75, 3.05) is 18.0 Å². The maximum absolute atomic E-state index is 9.70. The van der Waals surface area contributed by atoms with E-state index in [9.17, 15) is 5.11 Å². The Bertz CT molecular complexity index is 394. The molecule has 0 saturated carbocycles. The fourth-order valence-corrected chi connectivity index (χ4v) is 2.76. The first-order chi connectivity index (χ1) is 7.84. The van der Waals surface area contributed by atoms with Crippen LogP contribution in [0.25, 0.3) is 0 Å². The average molecular weight is 219 g/mol. The molecule has 16 heavy (non-hydrogen) atoms. The lowest BCUT2D eigenvalue weighted by molar-refractivity contribution is 0.154. The number of β-amino-alcohol motifs (C(OH)–C–C–N with tert-alkyl or cyclic N) is 1. The lowest BCUT2D eigenvalue weighted by Gasteiger charge is -2.32. The van der Waals surface area contributed by atoms with Crippen LogP contribution in [-0.4, -0.2) is 34.3 Å². The summed E-state index contributed by atoms with van der Waals surface area (Å²) >= 11 is 0. The third-order valence-electron chi connectivity index (χ3n) is 3.55. The van der Waals surface area contributed by atoms with E-state index in [1.54, 1.807) is 6.33 Å². The van der Waals surface area contributed by atoms with Gasteiger partial charge in [-0.2, -0.15) is 0 Å². The summed E-state index contributed by atoms with van der Waals surface area (Å²) < 4.78 is 0. The maximum atomic E-state index is 9.70. The number of anilines is 1. The first kappa shape index (κ1) is 10.0. The van der Waals surface area contributed by atoms with Gasteiger partial charge in [0.25, 0.3) is 0 Å². The number of hydrogen-bond acceptors (Lipinski definition) is 4. The van der Waals surface area contributed by atoms with Crippen molar-refractivity contribution >= 4 is 5.82 Å². The second-order valence-electron chi connectivity index (χ2n) is 4.72. The van der Waals surface area contributed by atoms with Crippen LogP contribution in [0.2, 0.25) is 0 Å². The van der Waals surface area contributed by atoms with Crippen LogP contribution < -0.4 is 4.90 Å². The number of nitrogens with zero attached hydrogens (tertiary/aromatic N) is 3. The van der Waals surface area contributed by atoms with Crippen molar-refractivity contribution in [1.29, 1.82) is 0 Å². The molecule has 4 nitrogen and oxygen atoms in total. The number of rotatable bonds is 1. The molecule has 1 fully saturated rings. The van der Waals surface area contributed by atoms with Gasteiger partial charge in [0.05, 0.1) is 6.10 Å². The Morgan fingerprint density at radius 1 is 1.25 bits per heavy atom. The fraction of sp³-hybridized carbons (Fsp3) is 0.667. The second-order valence-corrected chi connectivity index (χ2v) is 4.72. The van der Waals surface area contributed by atoms with Gasteiger partial charge in [-0.25, -0.2) is 9.97 Å². The van der Waals surface area contributed by atoms with E-state index < -0.39 is 0 Å². The molecular weight excluding hydrogens is 202 g/mol. The molecule has 0 bridgehead atoms. The highest BCUT2D eigenvalue weighted by atomic mass is 16.3. The van der Waals surface area contributed by atoms with Gasteiger partial charge in [0, 0.05) is 24.3 Å². The fourth-order valence-electron chi connectivity index (χ4n) is 2.76. The van der Waals surface area contributed by atoms with E-state index in [1.807, 2.05) is 0 Å². The van der Waals surface area contributed by atoms with E-state index in [1.165, 1.54) is 17.7 Å². The lowest BCUT2D eigenvalue weighted by atomic mass is 10.1. The standard InChI is InChI=1S/C12H17N3O/c16-9-3-2-6-15(7-9)12-10-4-1-5-11(10)13-8-14-12/h8-9,16H,1-7H2. The predicted octanol–water partition coefficient (Wildman–Crippen LogP) is 0.926. The van der Waals surface area contributed by atoms with E-state index in [4.69, 9.17) is 0 Å². The Balaban J connectivity index is 1.91. The van der Waals surface area contributed by atoms with Crippen LogP contribution >= 0.6 is 0 Å². The zero-order valence-electron chi connectivity index (χ0n) is 9.39. The molecule has 1 aromatic rings. The zero-order chi connectivity index (χ0) is 11.0. The number of piperidine rings is 1. The first-order valence-electron chi connectivity index (χ1n) is 6.10. The third kappa shape index (κ3) is 1.67. The summed E-state index contributed by atoms with van der Waals surface area (Å²) in [6.45, 7) is 1.74. The Morgan fingerprint density at radius 3 is 3.06 bits per heavy atom. The van der Waals surface area contributed by atoms with Crippen LogP contribution in [0.5, 0.6) is 0 Å². The highest BCUT2D eigenvalue weighted by Gasteiger charge is 2.24. The van der Waals surface area contributed by atoms with Gasteiger partial charge in [0.2, 0.25) is 0 Å². The highest BCUT2D eigenvalue weighted by molar-refractivity contribution is 5.50. The molecule has 1 atom stereocenters. The summed E-state index contributed by atoms with van der Waals surface area (Å²) in [5, 5.41) is 9.70. The largest absolute Gasteiger partial charge is 0.391 e. The molecule has 0 aromatic carbocycles. The van der Waals surface area contributed by atoms with Gasteiger partial charge in [-0.05, 0) is 32.1 Å². The smallest absolute Gasteiger partial charge is 0.135 e. The second kappa shape index (κ2) is 4.01. The quantitative estimate of drug-likeness (QED) is 0.763. The Hall–Kier alpha value is -1.16. The van der Waals surface area contributed by atoms with E-state index in [0.29, 0.717) is 0 Å². The summed E-state index contributed by atoms with van der Waals surface area (Å²) in [4.78, 5) is 11.0. The monoisotopic (exact) mass is 219 g/mol. The Kier molecular flexibility index (Phi) is 2.52. The minimum Gasteiger partial charge on any atom is -0.391 e. The summed E-state index contributed by atoms with van der Waals surface area (Å²) in [7, 11) is 0. The maximum Gasteiger partial charge on any atom is 0.135 e. The van der Waals surface area contributed by atoms with Crippen LogP contribution in [-0.2, 0) is 12.8 Å². The van der Waals surface area contributed by atoms with Crippen LogP contribution in [0.3, 0.4) is 0 Å². The van der Waals surface area contributed by atoms with Crippen LogP contribution in [0.4, 0.5) is 5.82 Å². The summed E-state index contributed by atoms with van der Waals surface area (Å²) in [6, 6.07) is 0. The van der Waals surface area contributed by atoms with E-state index in [0.717, 1.165) is 44.6 Å². The molecule has 86 valence electrons. The molecule has 0 amide bonds. The van der Waals surface area contributed by atoms with Crippen molar-refractivity contribution in [3.63, 3.8) is 0 Å². The summed E-state index contributed by atoms with van der Waals surface area (Å²) in [5.41, 5.74) is 2.53. The topological polar surface area (TPSA) is 49.2 Å². The number of aliphatic hydroxyl groups excluding tert-OH is 1. The van der Waals surface area contributed by atoms with Crippen molar-refractivity contribution in [3.05, 3.63) is 17.6 Å². The van der Waals surface area contributed by atoms with Gasteiger partial charge in [0.15, 0.2) is 0 Å². The number of aliphatic hydroxyl groups is 1. The van der Waals surface area contributed by atoms with E-state index >= 15 is 0 Å². The normalized spacial score (nSPS) is 24.6. The molecule has 0 spiro atoms. The van der Waals surface area contributed by atoms with Gasteiger partial charge in [0.1, 0.15) is 12.1 Å². The Labute approximate surface area is 95.3 Å². The minimum atomic E-state index is -0.194. The molecule has 1 aliphatic heterocycles. The molecule has 3 rings (SSSR count). The van der Waals surface area contributed by atoms with Crippen molar-refractivity contribution in [3.8, 4) is 0 Å². The summed E-state index contributed by atoms with van der Waals surface area (Å²) in [6.07, 6.45) is 6.82. The van der Waals surface area contributed by atoms with Crippen LogP contribution in [0.15, 0.2) is 6.33 Å². The van der Waals surface area contributed by atoms with Gasteiger partial charge in [-0.1, -0.05) is 0 Å². The molecular formula is C12H17N3O. The number of fused-ring (bicyclic) bond motifs is 1. The number of hydrogen-bond donors (Lipinski definition) is 1. The number of aryl methyl sites for hydroxylation is 1. The van der Waals surface area contributed by atoms with Crippen molar-refractivity contribution in [1.82, 2.24) is 9.97 Å². The average Bonchev–Trinajstić information content (AvgIpc) is 2.76. The predicted molar refractivity (Wildman–Crippen MR) is 61.5 cm³/mol. The molecule has 1 N–H and O–H groups in total. The SMILES string of the molecule is OC1CCCN(c2ncnc3c2CCC3)C1. The summed E-state index contributed by atoms with van der Waals surface area (Å²) in [5.74, 6) is 1.07. The molecule has 2 aliphatic rings. The Morgan fingerprint density at radius 2 is 2.19 bits per heavy atom. The van der Waals surface area contributed by atoms with Gasteiger partial charge in [-0.3, -0.25) is 0 Å².